The fraction of sp³-hybridized carbons (Fsp3) is 0.833. The number of hydrogen-bond donors (Lipinski definition) is 2. The molecule has 0 heterocycles. The van der Waals surface area contributed by atoms with E-state index in [0.29, 0.717) is 23.8 Å². The highest BCUT2D eigenvalue weighted by atomic mass is 16.5. The number of hydrogen-bond acceptors (Lipinski definition) is 4. The molecule has 0 radical (unpaired) electrons. The minimum Gasteiger partial charge on any atom is -0.347 e. The van der Waals surface area contributed by atoms with Gasteiger partial charge in [-0.3, -0.25) is 19.6 Å². The Hall–Kier alpha value is -1.63. The third-order valence-corrected chi connectivity index (χ3v) is 4.83. The second-order valence-electron chi connectivity index (χ2n) is 8.35. The molecule has 144 valence electrons. The van der Waals surface area contributed by atoms with E-state index in [0.717, 1.165) is 25.7 Å². The van der Waals surface area contributed by atoms with Gasteiger partial charge in [-0.1, -0.05) is 46.5 Å². The average molecular weight is 355 g/mol. The van der Waals surface area contributed by atoms with Crippen molar-refractivity contribution >= 4 is 18.2 Å². The summed E-state index contributed by atoms with van der Waals surface area (Å²) in [7, 11) is 3.32. The number of nitrogens with one attached hydrogen (secondary N) is 1. The summed E-state index contributed by atoms with van der Waals surface area (Å²) in [6.07, 6.45) is 5.36. The molecule has 0 aromatic carbocycles. The Bertz CT molecular complexity index is 467. The monoisotopic (exact) mass is 355 g/mol. The first kappa shape index (κ1) is 21.4. The van der Waals surface area contributed by atoms with Crippen LogP contribution in [0, 0.1) is 17.3 Å². The van der Waals surface area contributed by atoms with Crippen molar-refractivity contribution < 1.29 is 19.6 Å². The highest BCUT2D eigenvalue weighted by Gasteiger charge is 2.36. The van der Waals surface area contributed by atoms with Gasteiger partial charge in [0.1, 0.15) is 6.04 Å². The van der Waals surface area contributed by atoms with Crippen LogP contribution in [0.5, 0.6) is 0 Å². The highest BCUT2D eigenvalue weighted by molar-refractivity contribution is 5.89. The molecule has 1 unspecified atom stereocenters. The third kappa shape index (κ3) is 6.65. The Morgan fingerprint density at radius 3 is 2.24 bits per heavy atom. The summed E-state index contributed by atoms with van der Waals surface area (Å²) in [5.74, 6) is -0.564. The van der Waals surface area contributed by atoms with Gasteiger partial charge < -0.3 is 10.2 Å². The van der Waals surface area contributed by atoms with Gasteiger partial charge in [0, 0.05) is 14.1 Å². The molecule has 7 heteroatoms. The van der Waals surface area contributed by atoms with Gasteiger partial charge in [0.15, 0.2) is 0 Å². The van der Waals surface area contributed by atoms with Gasteiger partial charge in [-0.2, -0.15) is 0 Å². The molecular formula is C18H33N3O4. The molecule has 0 aromatic heterocycles. The molecule has 3 amide bonds. The number of amides is 3. The van der Waals surface area contributed by atoms with Crippen molar-refractivity contribution in [1.82, 2.24) is 15.3 Å². The lowest BCUT2D eigenvalue weighted by Crippen LogP contribution is -2.55. The Balaban J connectivity index is 2.88. The maximum absolute atomic E-state index is 12.8. The zero-order chi connectivity index (χ0) is 19.2. The summed E-state index contributed by atoms with van der Waals surface area (Å²) in [5.41, 5.74) is -0.446. The average Bonchev–Trinajstić information content (AvgIpc) is 3.02. The first-order valence-corrected chi connectivity index (χ1v) is 8.98. The zero-order valence-corrected chi connectivity index (χ0v) is 16.1. The molecular weight excluding hydrogens is 322 g/mol. The predicted octanol–water partition coefficient (Wildman–Crippen LogP) is 1.65. The van der Waals surface area contributed by atoms with Crippen molar-refractivity contribution in [3.05, 3.63) is 0 Å². The van der Waals surface area contributed by atoms with Crippen LogP contribution in [0.4, 0.5) is 0 Å². The van der Waals surface area contributed by atoms with Crippen LogP contribution in [-0.2, 0) is 14.4 Å². The van der Waals surface area contributed by atoms with Crippen LogP contribution >= 0.6 is 0 Å². The number of rotatable bonds is 8. The largest absolute Gasteiger partial charge is 0.347 e. The SMILES string of the molecule is CN(C)C(=O)[C@@H](NC(=O)C(CC1CCCC1)CN(O)C=O)C(C)(C)C. The zero-order valence-electron chi connectivity index (χ0n) is 16.1. The molecule has 2 N–H and O–H groups in total. The Morgan fingerprint density at radius 2 is 1.80 bits per heavy atom. The minimum absolute atomic E-state index is 0.0567. The summed E-state index contributed by atoms with van der Waals surface area (Å²) in [6.45, 7) is 5.64. The fourth-order valence-corrected chi connectivity index (χ4v) is 3.35. The second-order valence-corrected chi connectivity index (χ2v) is 8.35. The number of carbonyl (C=O) groups excluding carboxylic acids is 3. The Labute approximate surface area is 150 Å². The van der Waals surface area contributed by atoms with Gasteiger partial charge in [0.25, 0.3) is 0 Å². The molecule has 1 aliphatic carbocycles. The van der Waals surface area contributed by atoms with E-state index in [4.69, 9.17) is 0 Å². The van der Waals surface area contributed by atoms with Crippen LogP contribution in [0.15, 0.2) is 0 Å². The van der Waals surface area contributed by atoms with Crippen molar-refractivity contribution in [3.8, 4) is 0 Å². The van der Waals surface area contributed by atoms with Gasteiger partial charge in [0.2, 0.25) is 18.2 Å². The van der Waals surface area contributed by atoms with Crippen LogP contribution in [-0.4, -0.2) is 60.1 Å². The van der Waals surface area contributed by atoms with Crippen LogP contribution in [0.2, 0.25) is 0 Å². The summed E-state index contributed by atoms with van der Waals surface area (Å²) >= 11 is 0. The van der Waals surface area contributed by atoms with E-state index in [1.54, 1.807) is 14.1 Å². The highest BCUT2D eigenvalue weighted by Crippen LogP contribution is 2.31. The van der Waals surface area contributed by atoms with Gasteiger partial charge in [-0.05, 0) is 17.8 Å². The molecule has 0 spiro atoms. The first-order chi connectivity index (χ1) is 11.6. The molecule has 1 fully saturated rings. The molecule has 1 aliphatic rings. The topological polar surface area (TPSA) is 90.0 Å². The molecule has 7 nitrogen and oxygen atoms in total. The second kappa shape index (κ2) is 9.17. The van der Waals surface area contributed by atoms with Crippen molar-refractivity contribution in [3.63, 3.8) is 0 Å². The normalized spacial score (nSPS) is 17.7. The number of nitrogens with zero attached hydrogens (tertiary/aromatic N) is 2. The van der Waals surface area contributed by atoms with Crippen LogP contribution < -0.4 is 5.32 Å². The minimum atomic E-state index is -0.663. The van der Waals surface area contributed by atoms with Gasteiger partial charge in [-0.15, -0.1) is 0 Å². The fourth-order valence-electron chi connectivity index (χ4n) is 3.35. The quantitative estimate of drug-likeness (QED) is 0.393. The summed E-state index contributed by atoms with van der Waals surface area (Å²) in [4.78, 5) is 37.5. The van der Waals surface area contributed by atoms with Crippen LogP contribution in [0.3, 0.4) is 0 Å². The Morgan fingerprint density at radius 1 is 1.24 bits per heavy atom. The lowest BCUT2D eigenvalue weighted by molar-refractivity contribution is -0.155. The molecule has 2 atom stereocenters. The van der Waals surface area contributed by atoms with E-state index in [1.807, 2.05) is 20.8 Å². The standard InChI is InChI=1S/C18H33N3O4/c1-18(2,3)15(17(24)20(4)5)19-16(23)14(11-21(25)12-22)10-13-8-6-7-9-13/h12-15,25H,6-11H2,1-5H3,(H,19,23)/t14?,15-/m1/s1. The molecule has 0 aromatic rings. The summed E-state index contributed by atoms with van der Waals surface area (Å²) < 4.78 is 0. The van der Waals surface area contributed by atoms with E-state index in [-0.39, 0.29) is 18.4 Å². The number of likely N-dealkylation sites (N-methyl/N-ethyl adjacent to an activating group) is 1. The van der Waals surface area contributed by atoms with E-state index < -0.39 is 17.4 Å². The summed E-state index contributed by atoms with van der Waals surface area (Å²) in [5, 5.41) is 12.9. The molecule has 25 heavy (non-hydrogen) atoms. The number of hydroxylamine groups is 2. The first-order valence-electron chi connectivity index (χ1n) is 8.98. The maximum atomic E-state index is 12.8. The van der Waals surface area contributed by atoms with E-state index in [1.165, 1.54) is 4.90 Å². The van der Waals surface area contributed by atoms with Crippen molar-refractivity contribution in [2.75, 3.05) is 20.6 Å². The molecule has 0 aliphatic heterocycles. The van der Waals surface area contributed by atoms with Gasteiger partial charge in [-0.25, -0.2) is 5.06 Å². The van der Waals surface area contributed by atoms with E-state index in [9.17, 15) is 19.6 Å². The third-order valence-electron chi connectivity index (χ3n) is 4.83. The number of carbonyl (C=O) groups is 3. The predicted molar refractivity (Wildman–Crippen MR) is 94.7 cm³/mol. The van der Waals surface area contributed by atoms with E-state index >= 15 is 0 Å². The van der Waals surface area contributed by atoms with Crippen molar-refractivity contribution in [2.45, 2.75) is 58.9 Å². The van der Waals surface area contributed by atoms with Gasteiger partial charge in [0.05, 0.1) is 12.5 Å². The summed E-state index contributed by atoms with van der Waals surface area (Å²) in [6, 6.07) is -0.663. The molecule has 0 saturated heterocycles. The smallest absolute Gasteiger partial charge is 0.245 e. The molecule has 0 bridgehead atoms. The lowest BCUT2D eigenvalue weighted by Gasteiger charge is -2.34. The van der Waals surface area contributed by atoms with Crippen molar-refractivity contribution in [1.29, 1.82) is 0 Å². The molecule has 1 saturated carbocycles. The van der Waals surface area contributed by atoms with Crippen molar-refractivity contribution in [2.24, 2.45) is 17.3 Å². The van der Waals surface area contributed by atoms with Crippen LogP contribution in [0.1, 0.15) is 52.9 Å². The Kier molecular flexibility index (Phi) is 7.86. The van der Waals surface area contributed by atoms with Crippen LogP contribution in [0.25, 0.3) is 0 Å². The van der Waals surface area contributed by atoms with Gasteiger partial charge >= 0.3 is 0 Å². The lowest BCUT2D eigenvalue weighted by atomic mass is 9.84. The van der Waals surface area contributed by atoms with E-state index in [2.05, 4.69) is 5.32 Å². The maximum Gasteiger partial charge on any atom is 0.245 e. The molecule has 1 rings (SSSR count).